The molecule has 5 nitrogen and oxygen atoms in total. The number of aryl methyl sites for hydroxylation is 1. The molecule has 0 spiro atoms. The maximum absolute atomic E-state index is 6.25. The first-order valence-corrected chi connectivity index (χ1v) is 10.9. The molecule has 0 saturated carbocycles. The molecule has 1 aliphatic rings. The van der Waals surface area contributed by atoms with Gasteiger partial charge in [-0.25, -0.2) is 0 Å². The Bertz CT molecular complexity index is 1110. The third kappa shape index (κ3) is 4.43. The second-order valence-electron chi connectivity index (χ2n) is 8.26. The summed E-state index contributed by atoms with van der Waals surface area (Å²) in [5.74, 6) is 1.57. The molecule has 3 aromatic rings. The van der Waals surface area contributed by atoms with Crippen LogP contribution in [0.4, 0.5) is 11.4 Å². The summed E-state index contributed by atoms with van der Waals surface area (Å²) in [5, 5.41) is 6.91. The topological polar surface area (TPSA) is 68.5 Å². The molecule has 1 aliphatic heterocycles. The molecule has 4 rings (SSSR count). The second-order valence-corrected chi connectivity index (χ2v) is 8.26. The molecule has 1 atom stereocenters. The van der Waals surface area contributed by atoms with Gasteiger partial charge < -0.3 is 25.8 Å². The average Bonchev–Trinajstić information content (AvgIpc) is 3.21. The Morgan fingerprint density at radius 3 is 2.44 bits per heavy atom. The van der Waals surface area contributed by atoms with Gasteiger partial charge in [0.05, 0.1) is 25.0 Å². The third-order valence-electron chi connectivity index (χ3n) is 6.05. The molecule has 0 saturated heterocycles. The molecule has 0 aromatic heterocycles. The van der Waals surface area contributed by atoms with Crippen LogP contribution in [0.2, 0.25) is 0 Å². The van der Waals surface area contributed by atoms with Crippen molar-refractivity contribution in [3.8, 4) is 5.75 Å². The standard InChI is InChI=1S/C27H31N3O2/c1-19-13-21(9-10-25(19)32-3)27(17-26(28)29-18-27)22-14-20(11-12-31-2)15-24(16-22)30-23-7-5-4-6-8-23/h4-10,13-17,29-30H,11-12,18,28H2,1-3H3. The quantitative estimate of drug-likeness (QED) is 0.487. The van der Waals surface area contributed by atoms with Crippen LogP contribution in [0.15, 0.2) is 78.6 Å². The lowest BCUT2D eigenvalue weighted by molar-refractivity contribution is 0.202. The van der Waals surface area contributed by atoms with Gasteiger partial charge in [-0.15, -0.1) is 0 Å². The number of ether oxygens (including phenoxy) is 2. The number of nitrogens with two attached hydrogens (primary N) is 1. The van der Waals surface area contributed by atoms with Crippen LogP contribution in [-0.2, 0) is 16.6 Å². The van der Waals surface area contributed by atoms with Crippen molar-refractivity contribution in [3.63, 3.8) is 0 Å². The Hall–Kier alpha value is -3.44. The van der Waals surface area contributed by atoms with Gasteiger partial charge in [0.1, 0.15) is 5.75 Å². The number of benzene rings is 3. The molecule has 166 valence electrons. The molecule has 0 aliphatic carbocycles. The predicted molar refractivity (Wildman–Crippen MR) is 131 cm³/mol. The third-order valence-corrected chi connectivity index (χ3v) is 6.05. The predicted octanol–water partition coefficient (Wildman–Crippen LogP) is 4.63. The molecule has 0 radical (unpaired) electrons. The van der Waals surface area contributed by atoms with E-state index in [0.29, 0.717) is 19.0 Å². The average molecular weight is 430 g/mol. The molecular formula is C27H31N3O2. The van der Waals surface area contributed by atoms with Crippen LogP contribution in [0.25, 0.3) is 0 Å². The number of para-hydroxylation sites is 1. The van der Waals surface area contributed by atoms with Crippen LogP contribution >= 0.6 is 0 Å². The van der Waals surface area contributed by atoms with Crippen molar-refractivity contribution in [2.45, 2.75) is 18.8 Å². The first-order chi connectivity index (χ1) is 15.5. The molecule has 3 aromatic carbocycles. The number of anilines is 2. The molecule has 1 unspecified atom stereocenters. The van der Waals surface area contributed by atoms with Crippen molar-refractivity contribution in [2.75, 3.05) is 32.7 Å². The zero-order valence-electron chi connectivity index (χ0n) is 18.9. The molecule has 5 heteroatoms. The molecule has 0 bridgehead atoms. The summed E-state index contributed by atoms with van der Waals surface area (Å²) in [5.41, 5.74) is 12.6. The van der Waals surface area contributed by atoms with Crippen molar-refractivity contribution in [1.82, 2.24) is 5.32 Å². The van der Waals surface area contributed by atoms with Gasteiger partial charge in [0.25, 0.3) is 0 Å². The van der Waals surface area contributed by atoms with E-state index in [1.165, 1.54) is 16.7 Å². The van der Waals surface area contributed by atoms with E-state index in [0.717, 1.165) is 29.1 Å². The van der Waals surface area contributed by atoms with Crippen molar-refractivity contribution in [2.24, 2.45) is 5.73 Å². The molecule has 0 amide bonds. The Kier molecular flexibility index (Phi) is 6.37. The lowest BCUT2D eigenvalue weighted by Crippen LogP contribution is -2.31. The van der Waals surface area contributed by atoms with Gasteiger partial charge in [-0.05, 0) is 72.0 Å². The number of hydrogen-bond donors (Lipinski definition) is 3. The van der Waals surface area contributed by atoms with E-state index < -0.39 is 0 Å². The fraction of sp³-hybridized carbons (Fsp3) is 0.259. The van der Waals surface area contributed by atoms with Crippen LogP contribution < -0.4 is 21.1 Å². The van der Waals surface area contributed by atoms with Gasteiger partial charge in [-0.3, -0.25) is 0 Å². The largest absolute Gasteiger partial charge is 0.496 e. The second kappa shape index (κ2) is 9.37. The highest BCUT2D eigenvalue weighted by Gasteiger charge is 2.37. The van der Waals surface area contributed by atoms with Crippen LogP contribution in [0.1, 0.15) is 22.3 Å². The van der Waals surface area contributed by atoms with Crippen LogP contribution in [0.5, 0.6) is 5.75 Å². The van der Waals surface area contributed by atoms with Crippen LogP contribution in [0.3, 0.4) is 0 Å². The number of rotatable bonds is 8. The van der Waals surface area contributed by atoms with Crippen molar-refractivity contribution < 1.29 is 9.47 Å². The maximum Gasteiger partial charge on any atom is 0.121 e. The van der Waals surface area contributed by atoms with Crippen molar-refractivity contribution in [1.29, 1.82) is 0 Å². The summed E-state index contributed by atoms with van der Waals surface area (Å²) >= 11 is 0. The van der Waals surface area contributed by atoms with Crippen molar-refractivity contribution in [3.05, 3.63) is 101 Å². The Labute approximate surface area is 190 Å². The first-order valence-electron chi connectivity index (χ1n) is 10.9. The minimum absolute atomic E-state index is 0.378. The van der Waals surface area contributed by atoms with Gasteiger partial charge >= 0.3 is 0 Å². The summed E-state index contributed by atoms with van der Waals surface area (Å²) in [6.45, 7) is 3.44. The van der Waals surface area contributed by atoms with E-state index in [2.05, 4.69) is 66.1 Å². The van der Waals surface area contributed by atoms with E-state index in [4.69, 9.17) is 15.2 Å². The van der Waals surface area contributed by atoms with Crippen LogP contribution in [-0.4, -0.2) is 27.4 Å². The monoisotopic (exact) mass is 429 g/mol. The molecular weight excluding hydrogens is 398 g/mol. The fourth-order valence-corrected chi connectivity index (χ4v) is 4.38. The fourth-order valence-electron chi connectivity index (χ4n) is 4.38. The summed E-state index contributed by atoms with van der Waals surface area (Å²) in [6, 6.07) is 23.3. The van der Waals surface area contributed by atoms with Gasteiger partial charge in [-0.2, -0.15) is 0 Å². The van der Waals surface area contributed by atoms with E-state index in [1.807, 2.05) is 24.3 Å². The summed E-state index contributed by atoms with van der Waals surface area (Å²) in [4.78, 5) is 0. The summed E-state index contributed by atoms with van der Waals surface area (Å²) in [7, 11) is 3.44. The minimum Gasteiger partial charge on any atom is -0.496 e. The number of hydrogen-bond acceptors (Lipinski definition) is 5. The maximum atomic E-state index is 6.25. The minimum atomic E-state index is -0.378. The Morgan fingerprint density at radius 2 is 1.78 bits per heavy atom. The highest BCUT2D eigenvalue weighted by atomic mass is 16.5. The number of methoxy groups -OCH3 is 2. The van der Waals surface area contributed by atoms with Gasteiger partial charge in [0, 0.05) is 25.0 Å². The first kappa shape index (κ1) is 21.8. The van der Waals surface area contributed by atoms with E-state index in [9.17, 15) is 0 Å². The lowest BCUT2D eigenvalue weighted by Gasteiger charge is -2.30. The molecule has 0 fully saturated rings. The van der Waals surface area contributed by atoms with Gasteiger partial charge in [0.15, 0.2) is 0 Å². The number of nitrogens with one attached hydrogen (secondary N) is 2. The van der Waals surface area contributed by atoms with Crippen LogP contribution in [0, 0.1) is 6.92 Å². The molecule has 4 N–H and O–H groups in total. The zero-order valence-corrected chi connectivity index (χ0v) is 18.9. The lowest BCUT2D eigenvalue weighted by atomic mass is 9.74. The van der Waals surface area contributed by atoms with E-state index in [-0.39, 0.29) is 5.41 Å². The highest BCUT2D eigenvalue weighted by Crippen LogP contribution is 2.40. The van der Waals surface area contributed by atoms with Gasteiger partial charge in [-0.1, -0.05) is 36.4 Å². The summed E-state index contributed by atoms with van der Waals surface area (Å²) < 4.78 is 10.9. The van der Waals surface area contributed by atoms with E-state index >= 15 is 0 Å². The van der Waals surface area contributed by atoms with Gasteiger partial charge in [0.2, 0.25) is 0 Å². The Balaban J connectivity index is 1.83. The SMILES string of the molecule is COCCc1cc(Nc2ccccc2)cc(C2(c3ccc(OC)c(C)c3)C=C(N)NC2)c1. The molecule has 32 heavy (non-hydrogen) atoms. The molecule has 1 heterocycles. The smallest absolute Gasteiger partial charge is 0.121 e. The van der Waals surface area contributed by atoms with Crippen molar-refractivity contribution >= 4 is 11.4 Å². The summed E-state index contributed by atoms with van der Waals surface area (Å²) in [6.07, 6.45) is 2.97. The Morgan fingerprint density at radius 1 is 0.969 bits per heavy atom. The highest BCUT2D eigenvalue weighted by molar-refractivity contribution is 5.64. The zero-order chi connectivity index (χ0) is 22.6. The normalized spacial score (nSPS) is 17.5. The van der Waals surface area contributed by atoms with E-state index in [1.54, 1.807) is 14.2 Å².